The molecule has 8 heteroatoms. The van der Waals surface area contributed by atoms with E-state index >= 15 is 0 Å². The predicted molar refractivity (Wildman–Crippen MR) is 124 cm³/mol. The fourth-order valence-electron chi connectivity index (χ4n) is 4.49. The van der Waals surface area contributed by atoms with Crippen molar-refractivity contribution in [2.24, 2.45) is 0 Å². The molecule has 0 bridgehead atoms. The third-order valence-electron chi connectivity index (χ3n) is 6.07. The summed E-state index contributed by atoms with van der Waals surface area (Å²) in [5.41, 5.74) is 0.942. The van der Waals surface area contributed by atoms with Gasteiger partial charge in [0, 0.05) is 23.6 Å². The Morgan fingerprint density at radius 3 is 2.47 bits per heavy atom. The normalized spacial score (nSPS) is 16.2. The molecule has 34 heavy (non-hydrogen) atoms. The van der Waals surface area contributed by atoms with Crippen LogP contribution in [0.5, 0.6) is 5.75 Å². The molecule has 4 rings (SSSR count). The molecule has 178 valence electrons. The zero-order valence-electron chi connectivity index (χ0n) is 18.7. The van der Waals surface area contributed by atoms with Crippen molar-refractivity contribution in [3.63, 3.8) is 0 Å². The molecule has 0 saturated carbocycles. The predicted octanol–water partition coefficient (Wildman–Crippen LogP) is 5.42. The molecule has 2 N–H and O–H groups in total. The van der Waals surface area contributed by atoms with Crippen molar-refractivity contribution < 1.29 is 17.9 Å². The molecule has 0 spiro atoms. The van der Waals surface area contributed by atoms with Gasteiger partial charge in [-0.3, -0.25) is 9.78 Å². The highest BCUT2D eigenvalue weighted by molar-refractivity contribution is 5.70. The molecule has 0 fully saturated rings. The van der Waals surface area contributed by atoms with E-state index in [4.69, 9.17) is 4.74 Å². The summed E-state index contributed by atoms with van der Waals surface area (Å²) in [7, 11) is 0. The highest BCUT2D eigenvalue weighted by Crippen LogP contribution is 2.42. The third-order valence-corrected chi connectivity index (χ3v) is 6.07. The Labute approximate surface area is 194 Å². The van der Waals surface area contributed by atoms with Gasteiger partial charge in [-0.1, -0.05) is 42.5 Å². The van der Waals surface area contributed by atoms with Crippen LogP contribution >= 0.6 is 0 Å². The van der Waals surface area contributed by atoms with Crippen LogP contribution in [0.4, 0.5) is 13.2 Å². The number of aromatic amines is 2. The molecule has 5 nitrogen and oxygen atoms in total. The lowest BCUT2D eigenvalue weighted by atomic mass is 9.82. The number of alkyl halides is 3. The Kier molecular flexibility index (Phi) is 6.77. The fraction of sp³-hybridized carbons (Fsp3) is 0.308. The van der Waals surface area contributed by atoms with Crippen molar-refractivity contribution in [2.45, 2.75) is 44.7 Å². The van der Waals surface area contributed by atoms with Gasteiger partial charge < -0.3 is 9.72 Å². The largest absolute Gasteiger partial charge is 0.494 e. The van der Waals surface area contributed by atoms with E-state index in [0.717, 1.165) is 11.6 Å². The number of aromatic nitrogens is 2. The number of ether oxygens (including phenoxy) is 1. The van der Waals surface area contributed by atoms with Crippen LogP contribution in [0, 0.1) is 0 Å². The summed E-state index contributed by atoms with van der Waals surface area (Å²) in [6.45, 7) is 2.00. The van der Waals surface area contributed by atoms with Crippen LogP contribution in [-0.4, -0.2) is 16.6 Å². The minimum absolute atomic E-state index is 0.137. The van der Waals surface area contributed by atoms with Crippen molar-refractivity contribution in [1.29, 1.82) is 0 Å². The Bertz CT molecular complexity index is 1310. The number of benzene rings is 2. The Morgan fingerprint density at radius 1 is 1.06 bits per heavy atom. The SMILES string of the molecule is CCOc1ccc(C2=CCC(c3[nH]c(=O)[nH]c(=O)c3Cc3ccccc3)CC2)c(C(F)(F)F)c1. The molecule has 1 unspecified atom stereocenters. The molecule has 1 aliphatic rings. The lowest BCUT2D eigenvalue weighted by Crippen LogP contribution is -2.30. The molecule has 0 saturated heterocycles. The second-order valence-corrected chi connectivity index (χ2v) is 8.30. The number of halogens is 3. The lowest BCUT2D eigenvalue weighted by molar-refractivity contribution is -0.137. The fourth-order valence-corrected chi connectivity index (χ4v) is 4.49. The second-order valence-electron chi connectivity index (χ2n) is 8.30. The monoisotopic (exact) mass is 470 g/mol. The zero-order chi connectivity index (χ0) is 24.3. The number of H-pyrrole nitrogens is 2. The first-order chi connectivity index (χ1) is 16.3. The Morgan fingerprint density at radius 2 is 1.82 bits per heavy atom. The van der Waals surface area contributed by atoms with Gasteiger partial charge in [-0.2, -0.15) is 13.2 Å². The first-order valence-electron chi connectivity index (χ1n) is 11.2. The summed E-state index contributed by atoms with van der Waals surface area (Å²) in [4.78, 5) is 29.7. The van der Waals surface area contributed by atoms with Crippen molar-refractivity contribution in [3.8, 4) is 5.75 Å². The first-order valence-corrected chi connectivity index (χ1v) is 11.2. The number of rotatable bonds is 6. The standard InChI is InChI=1S/C26H25F3N2O3/c1-2-34-19-12-13-20(22(15-19)26(27,28)29)17-8-10-18(11-9-17)23-21(24(32)31-25(33)30-23)14-16-6-4-3-5-7-16/h3-8,12-13,15,18H,2,9-11,14H2,1H3,(H2,30,31,32,33). The summed E-state index contributed by atoms with van der Waals surface area (Å²) in [5.74, 6) is 0.00833. The Hall–Kier alpha value is -3.55. The smallest absolute Gasteiger partial charge is 0.417 e. The lowest BCUT2D eigenvalue weighted by Gasteiger charge is -2.25. The zero-order valence-corrected chi connectivity index (χ0v) is 18.7. The number of hydrogen-bond acceptors (Lipinski definition) is 3. The van der Waals surface area contributed by atoms with Gasteiger partial charge >= 0.3 is 11.9 Å². The van der Waals surface area contributed by atoms with Crippen LogP contribution in [-0.2, 0) is 12.6 Å². The van der Waals surface area contributed by atoms with Gasteiger partial charge in [0.15, 0.2) is 0 Å². The maximum Gasteiger partial charge on any atom is 0.417 e. The topological polar surface area (TPSA) is 75.0 Å². The number of hydrogen-bond donors (Lipinski definition) is 2. The molecule has 0 amide bonds. The average Bonchev–Trinajstić information content (AvgIpc) is 2.81. The molecule has 1 heterocycles. The van der Waals surface area contributed by atoms with Crippen molar-refractivity contribution in [3.05, 3.63) is 103 Å². The molecular formula is C26H25F3N2O3. The van der Waals surface area contributed by atoms with E-state index in [-0.39, 0.29) is 23.8 Å². The van der Waals surface area contributed by atoms with Gasteiger partial charge in [0.2, 0.25) is 0 Å². The first kappa shape index (κ1) is 23.6. The summed E-state index contributed by atoms with van der Waals surface area (Å²) in [5, 5.41) is 0. The molecule has 2 aromatic carbocycles. The van der Waals surface area contributed by atoms with Crippen LogP contribution in [0.1, 0.15) is 60.1 Å². The minimum Gasteiger partial charge on any atom is -0.494 e. The van der Waals surface area contributed by atoms with Crippen LogP contribution in [0.15, 0.2) is 64.2 Å². The van der Waals surface area contributed by atoms with E-state index in [9.17, 15) is 22.8 Å². The quantitative estimate of drug-likeness (QED) is 0.505. The van der Waals surface area contributed by atoms with Gasteiger partial charge in [-0.05, 0) is 55.0 Å². The molecular weight excluding hydrogens is 445 g/mol. The van der Waals surface area contributed by atoms with Gasteiger partial charge in [0.1, 0.15) is 5.75 Å². The van der Waals surface area contributed by atoms with Crippen molar-refractivity contribution in [2.75, 3.05) is 6.61 Å². The highest BCUT2D eigenvalue weighted by atomic mass is 19.4. The van der Waals surface area contributed by atoms with Gasteiger partial charge in [-0.25, -0.2) is 4.79 Å². The van der Waals surface area contributed by atoms with Gasteiger partial charge in [0.25, 0.3) is 5.56 Å². The van der Waals surface area contributed by atoms with E-state index in [1.165, 1.54) is 6.07 Å². The summed E-state index contributed by atoms with van der Waals surface area (Å²) < 4.78 is 46.5. The molecule has 1 atom stereocenters. The maximum atomic E-state index is 13.8. The maximum absolute atomic E-state index is 13.8. The van der Waals surface area contributed by atoms with Gasteiger partial charge in [-0.15, -0.1) is 0 Å². The number of nitrogens with one attached hydrogen (secondary N) is 2. The minimum atomic E-state index is -4.51. The molecule has 0 radical (unpaired) electrons. The van der Waals surface area contributed by atoms with E-state index in [0.29, 0.717) is 42.5 Å². The summed E-state index contributed by atoms with van der Waals surface area (Å²) in [6, 6.07) is 13.5. The van der Waals surface area contributed by atoms with Crippen LogP contribution in [0.25, 0.3) is 5.57 Å². The molecule has 1 aliphatic carbocycles. The van der Waals surface area contributed by atoms with E-state index in [1.807, 2.05) is 30.3 Å². The summed E-state index contributed by atoms with van der Waals surface area (Å²) >= 11 is 0. The number of allylic oxidation sites excluding steroid dienone is 2. The Balaban J connectivity index is 1.66. The highest BCUT2D eigenvalue weighted by Gasteiger charge is 2.35. The van der Waals surface area contributed by atoms with Crippen LogP contribution in [0.2, 0.25) is 0 Å². The van der Waals surface area contributed by atoms with E-state index in [1.54, 1.807) is 19.1 Å². The third kappa shape index (κ3) is 5.16. The average molecular weight is 470 g/mol. The molecule has 1 aromatic heterocycles. The van der Waals surface area contributed by atoms with E-state index < -0.39 is 23.0 Å². The van der Waals surface area contributed by atoms with Crippen molar-refractivity contribution >= 4 is 5.57 Å². The van der Waals surface area contributed by atoms with Gasteiger partial charge in [0.05, 0.1) is 12.2 Å². The molecule has 3 aromatic rings. The summed E-state index contributed by atoms with van der Waals surface area (Å²) in [6.07, 6.45) is -1.06. The second kappa shape index (κ2) is 9.75. The van der Waals surface area contributed by atoms with Crippen molar-refractivity contribution in [1.82, 2.24) is 9.97 Å². The van der Waals surface area contributed by atoms with Crippen LogP contribution < -0.4 is 16.0 Å². The molecule has 0 aliphatic heterocycles. The van der Waals surface area contributed by atoms with E-state index in [2.05, 4.69) is 9.97 Å². The van der Waals surface area contributed by atoms with Crippen LogP contribution in [0.3, 0.4) is 0 Å².